The van der Waals surface area contributed by atoms with Gasteiger partial charge in [-0.25, -0.2) is 0 Å². The zero-order valence-corrected chi connectivity index (χ0v) is 12.7. The first-order valence-electron chi connectivity index (χ1n) is 3.10. The van der Waals surface area contributed by atoms with Crippen molar-refractivity contribution in [2.45, 2.75) is 3.79 Å². The van der Waals surface area contributed by atoms with Gasteiger partial charge in [-0.15, -0.1) is 11.6 Å². The van der Waals surface area contributed by atoms with E-state index in [2.05, 4.69) is 0 Å². The highest BCUT2D eigenvalue weighted by atomic mass is 35.6. The van der Waals surface area contributed by atoms with Crippen LogP contribution in [0.25, 0.3) is 0 Å². The molecule has 0 N–H and O–H groups in total. The highest BCUT2D eigenvalue weighted by Gasteiger charge is 2.29. The van der Waals surface area contributed by atoms with Gasteiger partial charge in [0.05, 0.1) is 10.9 Å². The summed E-state index contributed by atoms with van der Waals surface area (Å²) >= 11 is 43.9. The number of rotatable bonds is 3. The minimum atomic E-state index is -1.90. The van der Waals surface area contributed by atoms with Crippen molar-refractivity contribution in [3.8, 4) is 0 Å². The predicted molar refractivity (Wildman–Crippen MR) is 69.6 cm³/mol. The first-order valence-corrected chi connectivity index (χ1v) is 6.28. The van der Waals surface area contributed by atoms with Crippen LogP contribution >= 0.6 is 92.8 Å². The fourth-order valence-electron chi connectivity index (χ4n) is 0.343. The Morgan fingerprint density at radius 1 is 0.933 bits per heavy atom. The molecule has 0 bridgehead atoms. The summed E-state index contributed by atoms with van der Waals surface area (Å²) in [4.78, 5) is 0. The second-order valence-corrected chi connectivity index (χ2v) is 6.07. The lowest BCUT2D eigenvalue weighted by atomic mass is 10.7. The maximum atomic E-state index is 5.57. The molecule has 1 nitrogen and oxygen atoms in total. The minimum absolute atomic E-state index is 0.0457. The van der Waals surface area contributed by atoms with Crippen molar-refractivity contribution in [3.05, 3.63) is 20.5 Å². The molecule has 0 rings (SSSR count). The summed E-state index contributed by atoms with van der Waals surface area (Å²) in [7, 11) is 0. The summed E-state index contributed by atoms with van der Waals surface area (Å²) < 4.78 is 2.88. The average Bonchev–Trinajstić information content (AvgIpc) is 2.13. The Hall–Kier alpha value is 1.60. The maximum Gasteiger partial charge on any atom is 0.230 e. The van der Waals surface area contributed by atoms with Crippen molar-refractivity contribution in [1.82, 2.24) is 0 Å². The summed E-state index contributed by atoms with van der Waals surface area (Å²) in [6.45, 7) is 0. The molecule has 0 saturated carbocycles. The number of hydrogen-bond acceptors (Lipinski definition) is 1. The average molecular weight is 374 g/mol. The molecule has 0 unspecified atom stereocenters. The van der Waals surface area contributed by atoms with Crippen molar-refractivity contribution < 1.29 is 4.74 Å². The van der Waals surface area contributed by atoms with E-state index in [1.807, 2.05) is 0 Å². The molecule has 15 heavy (non-hydrogen) atoms. The van der Waals surface area contributed by atoms with Crippen LogP contribution in [0.2, 0.25) is 0 Å². The van der Waals surface area contributed by atoms with Crippen molar-refractivity contribution in [2.24, 2.45) is 0 Å². The van der Waals surface area contributed by atoms with Gasteiger partial charge in [0.2, 0.25) is 14.2 Å². The fraction of sp³-hybridized carbons (Fsp3) is 0.333. The van der Waals surface area contributed by atoms with Crippen LogP contribution in [0, 0.1) is 0 Å². The summed E-state index contributed by atoms with van der Waals surface area (Å²) in [5.41, 5.74) is 0. The van der Waals surface area contributed by atoms with Crippen molar-refractivity contribution >= 4 is 92.8 Å². The van der Waals surface area contributed by atoms with E-state index in [1.54, 1.807) is 0 Å². The molecule has 0 aliphatic heterocycles. The van der Waals surface area contributed by atoms with Crippen LogP contribution in [0.4, 0.5) is 0 Å². The van der Waals surface area contributed by atoms with E-state index in [1.165, 1.54) is 0 Å². The molecule has 0 aromatic carbocycles. The third kappa shape index (κ3) is 6.18. The summed E-state index contributed by atoms with van der Waals surface area (Å²) in [5.74, 6) is -0.0457. The van der Waals surface area contributed by atoms with Gasteiger partial charge in [0, 0.05) is 0 Å². The van der Waals surface area contributed by atoms with Gasteiger partial charge in [0.25, 0.3) is 0 Å². The second kappa shape index (κ2) is 7.13. The monoisotopic (exact) mass is 370 g/mol. The van der Waals surface area contributed by atoms with Gasteiger partial charge >= 0.3 is 0 Å². The Morgan fingerprint density at radius 2 is 1.40 bits per heavy atom. The van der Waals surface area contributed by atoms with E-state index in [9.17, 15) is 0 Å². The molecule has 0 atom stereocenters. The Balaban J connectivity index is 4.84. The van der Waals surface area contributed by atoms with E-state index < -0.39 is 9.01 Å². The van der Waals surface area contributed by atoms with Crippen LogP contribution in [-0.2, 0) is 4.74 Å². The lowest BCUT2D eigenvalue weighted by Crippen LogP contribution is -2.04. The molecule has 0 aliphatic rings. The normalized spacial score (nSPS) is 15.7. The second-order valence-electron chi connectivity index (χ2n) is 2.00. The van der Waals surface area contributed by atoms with E-state index in [0.29, 0.717) is 0 Å². The first-order chi connectivity index (χ1) is 6.70. The summed E-state index contributed by atoms with van der Waals surface area (Å²) in [5, 5.41) is -0.939. The zero-order chi connectivity index (χ0) is 12.2. The molecule has 0 aromatic heterocycles. The zero-order valence-electron chi connectivity index (χ0n) is 6.64. The summed E-state index contributed by atoms with van der Waals surface area (Å²) in [6, 6.07) is 0. The Bertz CT molecular complexity index is 288. The number of hydrogen-bond donors (Lipinski definition) is 0. The van der Waals surface area contributed by atoms with Crippen LogP contribution in [0.15, 0.2) is 20.5 Å². The predicted octanol–water partition coefficient (Wildman–Crippen LogP) is 5.91. The number of ether oxygens (including phenoxy) is 1. The highest BCUT2D eigenvalue weighted by Crippen LogP contribution is 2.40. The Kier molecular flexibility index (Phi) is 7.89. The Morgan fingerprint density at radius 3 is 1.73 bits per heavy atom. The van der Waals surface area contributed by atoms with Gasteiger partial charge in [-0.1, -0.05) is 58.0 Å². The summed E-state index contributed by atoms with van der Waals surface area (Å²) in [6.07, 6.45) is 0. The largest absolute Gasteiger partial charge is 0.431 e. The molecule has 9 heteroatoms. The molecule has 0 heterocycles. The van der Waals surface area contributed by atoms with Gasteiger partial charge in [-0.05, 0) is 23.2 Å². The standard InChI is InChI=1S/C6H2Cl8O/c7-1-2(8)4(10)15-5(11)3(9)6(12,13)14/h1H2/b4-2-,5-3-. The molecule has 0 radical (unpaired) electrons. The van der Waals surface area contributed by atoms with Gasteiger partial charge in [-0.3, -0.25) is 0 Å². The van der Waals surface area contributed by atoms with Crippen LogP contribution in [-0.4, -0.2) is 9.67 Å². The fourth-order valence-corrected chi connectivity index (χ4v) is 1.41. The van der Waals surface area contributed by atoms with Crippen molar-refractivity contribution in [2.75, 3.05) is 5.88 Å². The van der Waals surface area contributed by atoms with Crippen LogP contribution in [0.5, 0.6) is 0 Å². The van der Waals surface area contributed by atoms with E-state index in [-0.39, 0.29) is 21.2 Å². The van der Waals surface area contributed by atoms with E-state index in [4.69, 9.17) is 97.5 Å². The molecule has 0 spiro atoms. The van der Waals surface area contributed by atoms with Gasteiger partial charge < -0.3 is 4.74 Å². The first kappa shape index (κ1) is 16.6. The molecule has 0 fully saturated rings. The maximum absolute atomic E-state index is 5.57. The van der Waals surface area contributed by atoms with E-state index >= 15 is 0 Å². The van der Waals surface area contributed by atoms with Gasteiger partial charge in [0.15, 0.2) is 0 Å². The molecule has 0 aliphatic carbocycles. The number of alkyl halides is 4. The van der Waals surface area contributed by atoms with Crippen LogP contribution < -0.4 is 0 Å². The SMILES string of the molecule is ClC/C(Cl)=C(\Cl)O/C(Cl)=C(\Cl)C(Cl)(Cl)Cl. The van der Waals surface area contributed by atoms with Crippen LogP contribution in [0.1, 0.15) is 0 Å². The van der Waals surface area contributed by atoms with Gasteiger partial charge in [0.1, 0.15) is 5.03 Å². The highest BCUT2D eigenvalue weighted by molar-refractivity contribution is 6.73. The lowest BCUT2D eigenvalue weighted by Gasteiger charge is -2.12. The smallest absolute Gasteiger partial charge is 0.230 e. The molecule has 0 saturated heterocycles. The minimum Gasteiger partial charge on any atom is -0.431 e. The molecule has 0 amide bonds. The molecule has 0 aromatic rings. The number of allylic oxidation sites excluding steroid dienone is 2. The number of halogens is 8. The lowest BCUT2D eigenvalue weighted by molar-refractivity contribution is 0.363. The quantitative estimate of drug-likeness (QED) is 0.441. The third-order valence-electron chi connectivity index (χ3n) is 0.931. The topological polar surface area (TPSA) is 9.23 Å². The third-order valence-corrected chi connectivity index (χ3v) is 3.72. The molecular weight excluding hydrogens is 372 g/mol. The molecule has 88 valence electrons. The van der Waals surface area contributed by atoms with Crippen molar-refractivity contribution in [3.63, 3.8) is 0 Å². The Labute approximate surface area is 127 Å². The van der Waals surface area contributed by atoms with Crippen molar-refractivity contribution in [1.29, 1.82) is 0 Å². The molecular formula is C6H2Cl8O. The van der Waals surface area contributed by atoms with E-state index in [0.717, 1.165) is 0 Å². The van der Waals surface area contributed by atoms with Crippen LogP contribution in [0.3, 0.4) is 0 Å². The van der Waals surface area contributed by atoms with Gasteiger partial charge in [-0.2, -0.15) is 0 Å².